The van der Waals surface area contributed by atoms with Crippen LogP contribution in [0.3, 0.4) is 0 Å². The van der Waals surface area contributed by atoms with Gasteiger partial charge in [-0.3, -0.25) is 0 Å². The van der Waals surface area contributed by atoms with Gasteiger partial charge in [0.15, 0.2) is 17.3 Å². The van der Waals surface area contributed by atoms with Gasteiger partial charge in [-0.2, -0.15) is 4.68 Å². The Bertz CT molecular complexity index is 922. The first kappa shape index (κ1) is 11.5. The van der Waals surface area contributed by atoms with Crippen LogP contribution < -0.4 is 5.73 Å². The normalized spacial score (nSPS) is 11.0. The van der Waals surface area contributed by atoms with Crippen molar-refractivity contribution in [3.63, 3.8) is 0 Å². The molecule has 4 rings (SSSR count). The maximum atomic E-state index is 5.78. The fourth-order valence-electron chi connectivity index (χ4n) is 2.10. The lowest BCUT2D eigenvalue weighted by atomic mass is 10.2. The molecule has 102 valence electrons. The maximum Gasteiger partial charge on any atom is 0.184 e. The molecule has 0 aliphatic rings. The number of anilines is 1. The van der Waals surface area contributed by atoms with Crippen molar-refractivity contribution in [2.24, 2.45) is 0 Å². The number of rotatable bonds is 2. The van der Waals surface area contributed by atoms with Gasteiger partial charge in [-0.25, -0.2) is 19.9 Å². The second-order valence-electron chi connectivity index (χ2n) is 4.44. The van der Waals surface area contributed by atoms with Crippen LogP contribution >= 0.6 is 0 Å². The standard InChI is InChI=1S/C13H10N8/c14-9-3-1-2-8(4-9)11-19-7-21(20-11)13-10-12(16-5-15-10)17-6-18-13/h1-7H,14H2,(H,15,16,17,18). The third kappa shape index (κ3) is 1.89. The highest BCUT2D eigenvalue weighted by Crippen LogP contribution is 2.19. The lowest BCUT2D eigenvalue weighted by molar-refractivity contribution is 0.849. The van der Waals surface area contributed by atoms with Crippen LogP contribution in [0.25, 0.3) is 28.4 Å². The molecule has 0 aliphatic heterocycles. The average molecular weight is 278 g/mol. The largest absolute Gasteiger partial charge is 0.399 e. The van der Waals surface area contributed by atoms with Crippen molar-refractivity contribution in [1.82, 2.24) is 34.7 Å². The van der Waals surface area contributed by atoms with Crippen LogP contribution in [0.15, 0.2) is 43.2 Å². The van der Waals surface area contributed by atoms with E-state index >= 15 is 0 Å². The van der Waals surface area contributed by atoms with E-state index in [1.54, 1.807) is 17.3 Å². The second-order valence-corrected chi connectivity index (χ2v) is 4.44. The van der Waals surface area contributed by atoms with Gasteiger partial charge in [0.1, 0.15) is 18.2 Å². The first-order valence-corrected chi connectivity index (χ1v) is 6.23. The summed E-state index contributed by atoms with van der Waals surface area (Å²) in [6.07, 6.45) is 4.61. The van der Waals surface area contributed by atoms with Crippen LogP contribution in [-0.2, 0) is 0 Å². The van der Waals surface area contributed by atoms with Crippen LogP contribution in [0.2, 0.25) is 0 Å². The second kappa shape index (κ2) is 4.37. The average Bonchev–Trinajstić information content (AvgIpc) is 3.16. The fourth-order valence-corrected chi connectivity index (χ4v) is 2.10. The summed E-state index contributed by atoms with van der Waals surface area (Å²) < 4.78 is 1.58. The molecule has 0 aliphatic carbocycles. The lowest BCUT2D eigenvalue weighted by Crippen LogP contribution is -2.00. The first-order chi connectivity index (χ1) is 10.3. The topological polar surface area (TPSA) is 111 Å². The SMILES string of the molecule is Nc1cccc(-c2ncn(-c3ncnc4nc[nH]c34)n2)c1. The quantitative estimate of drug-likeness (QED) is 0.533. The first-order valence-electron chi connectivity index (χ1n) is 6.23. The molecule has 1 aromatic carbocycles. The summed E-state index contributed by atoms with van der Waals surface area (Å²) in [7, 11) is 0. The number of benzene rings is 1. The Kier molecular flexibility index (Phi) is 2.40. The summed E-state index contributed by atoms with van der Waals surface area (Å²) in [5.41, 5.74) is 8.59. The molecule has 0 spiro atoms. The summed E-state index contributed by atoms with van der Waals surface area (Å²) in [6, 6.07) is 7.41. The molecule has 0 saturated carbocycles. The van der Waals surface area contributed by atoms with E-state index in [1.807, 2.05) is 24.3 Å². The Labute approximate surface area is 118 Å². The summed E-state index contributed by atoms with van der Waals surface area (Å²) in [6.45, 7) is 0. The van der Waals surface area contributed by atoms with E-state index in [4.69, 9.17) is 5.73 Å². The van der Waals surface area contributed by atoms with Crippen molar-refractivity contribution >= 4 is 16.9 Å². The van der Waals surface area contributed by atoms with E-state index in [1.165, 1.54) is 6.33 Å². The van der Waals surface area contributed by atoms with Crippen LogP contribution in [0, 0.1) is 0 Å². The fraction of sp³-hybridized carbons (Fsp3) is 0. The van der Waals surface area contributed by atoms with Gasteiger partial charge in [0, 0.05) is 11.3 Å². The monoisotopic (exact) mass is 278 g/mol. The molecule has 8 heteroatoms. The number of fused-ring (bicyclic) bond motifs is 1. The number of nitrogens with one attached hydrogen (secondary N) is 1. The van der Waals surface area contributed by atoms with Crippen LogP contribution in [0.5, 0.6) is 0 Å². The van der Waals surface area contributed by atoms with E-state index < -0.39 is 0 Å². The van der Waals surface area contributed by atoms with Gasteiger partial charge in [0.2, 0.25) is 0 Å². The van der Waals surface area contributed by atoms with Gasteiger partial charge in [-0.15, -0.1) is 5.10 Å². The molecule has 8 nitrogen and oxygen atoms in total. The minimum Gasteiger partial charge on any atom is -0.399 e. The minimum atomic E-state index is 0.577. The highest BCUT2D eigenvalue weighted by atomic mass is 15.4. The number of aromatic nitrogens is 7. The van der Waals surface area contributed by atoms with E-state index in [0.29, 0.717) is 28.5 Å². The van der Waals surface area contributed by atoms with Gasteiger partial charge in [-0.05, 0) is 12.1 Å². The highest BCUT2D eigenvalue weighted by molar-refractivity contribution is 5.77. The molecule has 3 heterocycles. The van der Waals surface area contributed by atoms with Crippen molar-refractivity contribution in [3.8, 4) is 17.2 Å². The Balaban J connectivity index is 1.83. The van der Waals surface area contributed by atoms with Crippen molar-refractivity contribution < 1.29 is 0 Å². The molecule has 0 bridgehead atoms. The lowest BCUT2D eigenvalue weighted by Gasteiger charge is -2.00. The molecular formula is C13H10N8. The summed E-state index contributed by atoms with van der Waals surface area (Å²) in [4.78, 5) is 19.7. The van der Waals surface area contributed by atoms with Gasteiger partial charge in [0.05, 0.1) is 6.33 Å². The van der Waals surface area contributed by atoms with Gasteiger partial charge < -0.3 is 10.7 Å². The Morgan fingerprint density at radius 2 is 2.05 bits per heavy atom. The number of nitrogen functional groups attached to an aromatic ring is 1. The van der Waals surface area contributed by atoms with Gasteiger partial charge in [0.25, 0.3) is 0 Å². The number of hydrogen-bond acceptors (Lipinski definition) is 6. The number of H-pyrrole nitrogens is 1. The van der Waals surface area contributed by atoms with E-state index in [-0.39, 0.29) is 0 Å². The van der Waals surface area contributed by atoms with Gasteiger partial charge in [-0.1, -0.05) is 12.1 Å². The Morgan fingerprint density at radius 1 is 1.10 bits per heavy atom. The maximum absolute atomic E-state index is 5.78. The van der Waals surface area contributed by atoms with Crippen LogP contribution in [0.1, 0.15) is 0 Å². The molecule has 0 amide bonds. The zero-order chi connectivity index (χ0) is 14.2. The summed E-state index contributed by atoms with van der Waals surface area (Å²) in [5, 5.41) is 4.43. The van der Waals surface area contributed by atoms with Crippen LogP contribution in [0.4, 0.5) is 5.69 Å². The third-order valence-corrected chi connectivity index (χ3v) is 3.06. The molecule has 4 aromatic rings. The molecule has 3 aromatic heterocycles. The number of imidazole rings is 1. The number of nitrogens with zero attached hydrogens (tertiary/aromatic N) is 6. The number of aromatic amines is 1. The molecule has 0 unspecified atom stereocenters. The van der Waals surface area contributed by atoms with Crippen molar-refractivity contribution in [2.75, 3.05) is 5.73 Å². The van der Waals surface area contributed by atoms with Crippen molar-refractivity contribution in [3.05, 3.63) is 43.2 Å². The Hall–Kier alpha value is -3.29. The van der Waals surface area contributed by atoms with Crippen LogP contribution in [-0.4, -0.2) is 34.7 Å². The Morgan fingerprint density at radius 3 is 2.95 bits per heavy atom. The third-order valence-electron chi connectivity index (χ3n) is 3.06. The minimum absolute atomic E-state index is 0.577. The van der Waals surface area contributed by atoms with Crippen molar-refractivity contribution in [1.29, 1.82) is 0 Å². The van der Waals surface area contributed by atoms with E-state index in [9.17, 15) is 0 Å². The van der Waals surface area contributed by atoms with E-state index in [2.05, 4.69) is 30.0 Å². The molecular weight excluding hydrogens is 268 g/mol. The molecule has 0 saturated heterocycles. The van der Waals surface area contributed by atoms with Gasteiger partial charge >= 0.3 is 0 Å². The summed E-state index contributed by atoms with van der Waals surface area (Å²) >= 11 is 0. The predicted octanol–water partition coefficient (Wildman–Crippen LogP) is 1.18. The highest BCUT2D eigenvalue weighted by Gasteiger charge is 2.11. The number of nitrogens with two attached hydrogens (primary N) is 1. The predicted molar refractivity (Wildman–Crippen MR) is 76.4 cm³/mol. The smallest absolute Gasteiger partial charge is 0.184 e. The van der Waals surface area contributed by atoms with E-state index in [0.717, 1.165) is 5.56 Å². The molecule has 0 atom stereocenters. The molecule has 0 fully saturated rings. The molecule has 3 N–H and O–H groups in total. The zero-order valence-corrected chi connectivity index (χ0v) is 10.8. The molecule has 21 heavy (non-hydrogen) atoms. The molecule has 0 radical (unpaired) electrons. The van der Waals surface area contributed by atoms with Crippen molar-refractivity contribution in [2.45, 2.75) is 0 Å². The zero-order valence-electron chi connectivity index (χ0n) is 10.8. The number of hydrogen-bond donors (Lipinski definition) is 2. The summed E-state index contributed by atoms with van der Waals surface area (Å²) in [5.74, 6) is 1.17.